The van der Waals surface area contributed by atoms with Crippen molar-refractivity contribution in [2.45, 2.75) is 84.3 Å². The Labute approximate surface area is 207 Å². The van der Waals surface area contributed by atoms with Gasteiger partial charge in [0.2, 0.25) is 0 Å². The molecule has 2 aromatic carbocycles. The number of rotatable bonds is 20. The Balaban J connectivity index is 1.47. The second kappa shape index (κ2) is 19.2. The number of carbonyl (C=O) groups is 1. The van der Waals surface area contributed by atoms with E-state index >= 15 is 0 Å². The van der Waals surface area contributed by atoms with Gasteiger partial charge in [0, 0.05) is 13.2 Å². The molecule has 0 aliphatic heterocycles. The van der Waals surface area contributed by atoms with Crippen LogP contribution in [0.25, 0.3) is 0 Å². The van der Waals surface area contributed by atoms with Gasteiger partial charge in [-0.25, -0.2) is 0 Å². The predicted octanol–water partition coefficient (Wildman–Crippen LogP) is 7.50. The van der Waals surface area contributed by atoms with Gasteiger partial charge in [-0.15, -0.1) is 0 Å². The number of esters is 1. The zero-order valence-corrected chi connectivity index (χ0v) is 21.1. The van der Waals surface area contributed by atoms with Crippen LogP contribution in [0.2, 0.25) is 0 Å². The fourth-order valence-corrected chi connectivity index (χ4v) is 4.07. The monoisotopic (exact) mass is 468 g/mol. The molecule has 0 bridgehead atoms. The van der Waals surface area contributed by atoms with E-state index in [1.54, 1.807) is 0 Å². The van der Waals surface area contributed by atoms with Crippen molar-refractivity contribution in [3.8, 4) is 0 Å². The molecule has 0 N–H and O–H groups in total. The van der Waals surface area contributed by atoms with Gasteiger partial charge in [-0.05, 0) is 43.7 Å². The summed E-state index contributed by atoms with van der Waals surface area (Å²) in [7, 11) is 0. The lowest BCUT2D eigenvalue weighted by molar-refractivity contribution is -0.148. The van der Waals surface area contributed by atoms with Gasteiger partial charge in [0.15, 0.2) is 0 Å². The molecule has 4 heteroatoms. The van der Waals surface area contributed by atoms with E-state index in [0.717, 1.165) is 77.4 Å². The Kier molecular flexibility index (Phi) is 15.8. The van der Waals surface area contributed by atoms with Gasteiger partial charge in [0.1, 0.15) is 0 Å². The van der Waals surface area contributed by atoms with E-state index in [1.165, 1.54) is 11.1 Å². The summed E-state index contributed by atoms with van der Waals surface area (Å²) >= 11 is 0. The second-order valence-electron chi connectivity index (χ2n) is 8.93. The third kappa shape index (κ3) is 13.5. The van der Waals surface area contributed by atoms with Crippen LogP contribution in [0.3, 0.4) is 0 Å². The summed E-state index contributed by atoms with van der Waals surface area (Å²) in [5.74, 6) is 0.0310. The molecule has 0 atom stereocenters. The van der Waals surface area contributed by atoms with Crippen LogP contribution < -0.4 is 0 Å². The molecule has 0 fully saturated rings. The molecular formula is C30H44O4. The molecule has 0 amide bonds. The SMILES string of the molecule is CCOC(=O)C(CCCCCCOCc1ccccc1)CCCCCCOCc1ccccc1. The maximum atomic E-state index is 12.4. The largest absolute Gasteiger partial charge is 0.466 e. The molecule has 0 saturated carbocycles. The van der Waals surface area contributed by atoms with Gasteiger partial charge in [-0.2, -0.15) is 0 Å². The van der Waals surface area contributed by atoms with Crippen molar-refractivity contribution in [3.63, 3.8) is 0 Å². The molecule has 0 radical (unpaired) electrons. The fraction of sp³-hybridized carbons (Fsp3) is 0.567. The van der Waals surface area contributed by atoms with Crippen LogP contribution in [0.4, 0.5) is 0 Å². The first-order chi connectivity index (χ1) is 16.8. The summed E-state index contributed by atoms with van der Waals surface area (Å²) in [5, 5.41) is 0. The molecule has 0 unspecified atom stereocenters. The molecule has 34 heavy (non-hydrogen) atoms. The standard InChI is InChI=1S/C30H44O4/c1-2-34-30(31)29(21-13-3-5-15-23-32-25-27-17-9-7-10-18-27)22-14-4-6-16-24-33-26-28-19-11-8-12-20-28/h7-12,17-20,29H,2-6,13-16,21-26H2,1H3. The Bertz CT molecular complexity index is 676. The number of ether oxygens (including phenoxy) is 3. The lowest BCUT2D eigenvalue weighted by atomic mass is 9.94. The first-order valence-corrected chi connectivity index (χ1v) is 13.2. The average Bonchev–Trinajstić information content (AvgIpc) is 2.87. The lowest BCUT2D eigenvalue weighted by Crippen LogP contribution is -2.18. The molecular weight excluding hydrogens is 424 g/mol. The summed E-state index contributed by atoms with van der Waals surface area (Å²) in [6.45, 7) is 5.32. The second-order valence-corrected chi connectivity index (χ2v) is 8.93. The molecule has 0 aromatic heterocycles. The van der Waals surface area contributed by atoms with Crippen molar-refractivity contribution in [1.82, 2.24) is 0 Å². The summed E-state index contributed by atoms with van der Waals surface area (Å²) in [5.41, 5.74) is 2.44. The maximum Gasteiger partial charge on any atom is 0.308 e. The topological polar surface area (TPSA) is 44.8 Å². The van der Waals surface area contributed by atoms with Crippen LogP contribution in [-0.2, 0) is 32.2 Å². The quantitative estimate of drug-likeness (QED) is 0.149. The number of benzene rings is 2. The minimum absolute atomic E-state index is 0.0140. The van der Waals surface area contributed by atoms with Gasteiger partial charge in [-0.1, -0.05) is 99.2 Å². The third-order valence-electron chi connectivity index (χ3n) is 6.03. The van der Waals surface area contributed by atoms with Gasteiger partial charge < -0.3 is 14.2 Å². The van der Waals surface area contributed by atoms with Crippen LogP contribution in [0.1, 0.15) is 82.3 Å². The summed E-state index contributed by atoms with van der Waals surface area (Å²) < 4.78 is 16.8. The van der Waals surface area contributed by atoms with Gasteiger partial charge in [0.05, 0.1) is 25.7 Å². The number of unbranched alkanes of at least 4 members (excludes halogenated alkanes) is 6. The first kappa shape index (κ1) is 28.1. The van der Waals surface area contributed by atoms with E-state index in [9.17, 15) is 4.79 Å². The third-order valence-corrected chi connectivity index (χ3v) is 6.03. The Morgan fingerprint density at radius 2 is 1.09 bits per heavy atom. The van der Waals surface area contributed by atoms with Gasteiger partial charge >= 0.3 is 5.97 Å². The molecule has 0 heterocycles. The van der Waals surface area contributed by atoms with E-state index in [0.29, 0.717) is 19.8 Å². The Hall–Kier alpha value is -2.17. The molecule has 0 saturated heterocycles. The summed E-state index contributed by atoms with van der Waals surface area (Å²) in [6.07, 6.45) is 10.7. The average molecular weight is 469 g/mol. The lowest BCUT2D eigenvalue weighted by Gasteiger charge is -2.15. The fourth-order valence-electron chi connectivity index (χ4n) is 4.07. The molecule has 0 spiro atoms. The smallest absolute Gasteiger partial charge is 0.308 e. The molecule has 2 rings (SSSR count). The van der Waals surface area contributed by atoms with Gasteiger partial charge in [0.25, 0.3) is 0 Å². The summed E-state index contributed by atoms with van der Waals surface area (Å²) in [6, 6.07) is 20.6. The van der Waals surface area contributed by atoms with E-state index in [-0.39, 0.29) is 11.9 Å². The maximum absolute atomic E-state index is 12.4. The van der Waals surface area contributed by atoms with Crippen LogP contribution in [0, 0.1) is 5.92 Å². The zero-order valence-electron chi connectivity index (χ0n) is 21.1. The normalized spacial score (nSPS) is 11.1. The van der Waals surface area contributed by atoms with Crippen molar-refractivity contribution < 1.29 is 19.0 Å². The van der Waals surface area contributed by atoms with Crippen molar-refractivity contribution >= 4 is 5.97 Å². The summed E-state index contributed by atoms with van der Waals surface area (Å²) in [4.78, 5) is 12.4. The minimum atomic E-state index is -0.0140. The van der Waals surface area contributed by atoms with Crippen molar-refractivity contribution in [2.75, 3.05) is 19.8 Å². The molecule has 2 aromatic rings. The highest BCUT2D eigenvalue weighted by Crippen LogP contribution is 2.20. The zero-order chi connectivity index (χ0) is 24.1. The van der Waals surface area contributed by atoms with Crippen LogP contribution in [0.5, 0.6) is 0 Å². The number of carbonyl (C=O) groups excluding carboxylic acids is 1. The van der Waals surface area contributed by atoms with Crippen LogP contribution >= 0.6 is 0 Å². The molecule has 0 aliphatic rings. The van der Waals surface area contributed by atoms with Crippen LogP contribution in [0.15, 0.2) is 60.7 Å². The Morgan fingerprint density at radius 1 is 0.647 bits per heavy atom. The minimum Gasteiger partial charge on any atom is -0.466 e. The van der Waals surface area contributed by atoms with E-state index in [4.69, 9.17) is 14.2 Å². The molecule has 0 aliphatic carbocycles. The van der Waals surface area contributed by atoms with Crippen molar-refractivity contribution in [3.05, 3.63) is 71.8 Å². The highest BCUT2D eigenvalue weighted by atomic mass is 16.5. The van der Waals surface area contributed by atoms with Crippen LogP contribution in [-0.4, -0.2) is 25.8 Å². The van der Waals surface area contributed by atoms with E-state index in [2.05, 4.69) is 24.3 Å². The first-order valence-electron chi connectivity index (χ1n) is 13.2. The number of hydrogen-bond donors (Lipinski definition) is 0. The highest BCUT2D eigenvalue weighted by molar-refractivity contribution is 5.72. The Morgan fingerprint density at radius 3 is 1.53 bits per heavy atom. The van der Waals surface area contributed by atoms with E-state index in [1.807, 2.05) is 43.3 Å². The van der Waals surface area contributed by atoms with Crippen molar-refractivity contribution in [2.24, 2.45) is 5.92 Å². The predicted molar refractivity (Wildman–Crippen MR) is 138 cm³/mol. The highest BCUT2D eigenvalue weighted by Gasteiger charge is 2.18. The number of hydrogen-bond acceptors (Lipinski definition) is 4. The molecule has 4 nitrogen and oxygen atoms in total. The molecule has 188 valence electrons. The van der Waals surface area contributed by atoms with Gasteiger partial charge in [-0.3, -0.25) is 4.79 Å². The van der Waals surface area contributed by atoms with Crippen molar-refractivity contribution in [1.29, 1.82) is 0 Å². The van der Waals surface area contributed by atoms with E-state index < -0.39 is 0 Å².